The van der Waals surface area contributed by atoms with E-state index in [4.69, 9.17) is 9.47 Å². The Balaban J connectivity index is 2.35. The van der Waals surface area contributed by atoms with Crippen LogP contribution in [-0.2, 0) is 17.1 Å². The Kier molecular flexibility index (Phi) is 6.50. The number of aromatic nitrogens is 1. The van der Waals surface area contributed by atoms with Gasteiger partial charge in [-0.2, -0.15) is 4.31 Å². The minimum atomic E-state index is -3.64. The summed E-state index contributed by atoms with van der Waals surface area (Å²) in [5, 5.41) is 2.74. The van der Waals surface area contributed by atoms with Crippen LogP contribution in [0.1, 0.15) is 24.3 Å². The highest BCUT2D eigenvalue weighted by atomic mass is 32.2. The number of carbonyl (C=O) groups excluding carboxylic acids is 1. The van der Waals surface area contributed by atoms with Crippen molar-refractivity contribution in [3.63, 3.8) is 0 Å². The molecule has 2 aromatic rings. The van der Waals surface area contributed by atoms with E-state index < -0.39 is 15.9 Å². The van der Waals surface area contributed by atoms with Gasteiger partial charge in [0.1, 0.15) is 22.1 Å². The van der Waals surface area contributed by atoms with Crippen LogP contribution in [0.5, 0.6) is 11.5 Å². The number of amides is 1. The number of sulfonamides is 1. The number of methoxy groups -OCH3 is 2. The molecule has 0 aliphatic heterocycles. The maximum absolute atomic E-state index is 12.7. The molecule has 0 fully saturated rings. The van der Waals surface area contributed by atoms with E-state index in [-0.39, 0.29) is 10.6 Å². The van der Waals surface area contributed by atoms with Gasteiger partial charge < -0.3 is 19.4 Å². The SMILES string of the molecule is CCN(CC)S(=O)(=O)c1cc(C(=O)Nc2cc(OC)ccc2OC)n(C)c1. The number of carbonyl (C=O) groups is 1. The van der Waals surface area contributed by atoms with Crippen molar-refractivity contribution in [1.29, 1.82) is 0 Å². The highest BCUT2D eigenvalue weighted by Crippen LogP contribution is 2.29. The summed E-state index contributed by atoms with van der Waals surface area (Å²) >= 11 is 0. The summed E-state index contributed by atoms with van der Waals surface area (Å²) in [5.41, 5.74) is 0.641. The molecular weight excluding hydrogens is 370 g/mol. The van der Waals surface area contributed by atoms with Crippen LogP contribution in [0.15, 0.2) is 35.4 Å². The lowest BCUT2D eigenvalue weighted by Crippen LogP contribution is -2.30. The van der Waals surface area contributed by atoms with Gasteiger partial charge in [-0.05, 0) is 18.2 Å². The summed E-state index contributed by atoms with van der Waals surface area (Å²) in [5.74, 6) is 0.571. The lowest BCUT2D eigenvalue weighted by molar-refractivity contribution is 0.101. The van der Waals surface area contributed by atoms with Crippen molar-refractivity contribution >= 4 is 21.6 Å². The number of benzene rings is 1. The number of anilines is 1. The van der Waals surface area contributed by atoms with Crippen LogP contribution in [-0.4, -0.2) is 50.5 Å². The molecule has 0 aliphatic rings. The Bertz CT molecular complexity index is 917. The molecule has 0 saturated heterocycles. The summed E-state index contributed by atoms with van der Waals surface area (Å²) in [4.78, 5) is 12.8. The summed E-state index contributed by atoms with van der Waals surface area (Å²) in [6.07, 6.45) is 1.44. The highest BCUT2D eigenvalue weighted by molar-refractivity contribution is 7.89. The van der Waals surface area contributed by atoms with E-state index >= 15 is 0 Å². The normalized spacial score (nSPS) is 11.5. The van der Waals surface area contributed by atoms with Gasteiger partial charge in [-0.25, -0.2) is 8.42 Å². The van der Waals surface area contributed by atoms with E-state index in [0.29, 0.717) is 30.3 Å². The first-order chi connectivity index (χ1) is 12.8. The molecule has 0 aliphatic carbocycles. The molecule has 2 rings (SSSR count). The lowest BCUT2D eigenvalue weighted by atomic mass is 10.2. The first kappa shape index (κ1) is 20.8. The zero-order valence-corrected chi connectivity index (χ0v) is 17.0. The summed E-state index contributed by atoms with van der Waals surface area (Å²) in [6, 6.07) is 6.39. The van der Waals surface area contributed by atoms with Gasteiger partial charge in [0.25, 0.3) is 5.91 Å². The van der Waals surface area contributed by atoms with Gasteiger partial charge in [0.15, 0.2) is 0 Å². The van der Waals surface area contributed by atoms with E-state index in [1.54, 1.807) is 39.1 Å². The van der Waals surface area contributed by atoms with Crippen LogP contribution in [0.2, 0.25) is 0 Å². The molecule has 8 nitrogen and oxygen atoms in total. The van der Waals surface area contributed by atoms with Gasteiger partial charge in [-0.1, -0.05) is 13.8 Å². The van der Waals surface area contributed by atoms with Gasteiger partial charge in [0, 0.05) is 32.4 Å². The number of aryl methyl sites for hydroxylation is 1. The van der Waals surface area contributed by atoms with Gasteiger partial charge >= 0.3 is 0 Å². The molecule has 0 spiro atoms. The van der Waals surface area contributed by atoms with Crippen molar-refractivity contribution in [2.45, 2.75) is 18.7 Å². The molecule has 1 amide bonds. The Morgan fingerprint density at radius 1 is 1.15 bits per heavy atom. The monoisotopic (exact) mass is 395 g/mol. The smallest absolute Gasteiger partial charge is 0.272 e. The number of nitrogens with zero attached hydrogens (tertiary/aromatic N) is 2. The first-order valence-electron chi connectivity index (χ1n) is 8.48. The number of rotatable bonds is 8. The topological polar surface area (TPSA) is 89.9 Å². The van der Waals surface area contributed by atoms with E-state index in [1.807, 2.05) is 0 Å². The molecule has 1 heterocycles. The maximum Gasteiger partial charge on any atom is 0.272 e. The Labute approximate surface area is 159 Å². The van der Waals surface area contributed by atoms with Crippen LogP contribution in [0.4, 0.5) is 5.69 Å². The van der Waals surface area contributed by atoms with Gasteiger partial charge in [0.05, 0.1) is 19.9 Å². The second-order valence-corrected chi connectivity index (χ2v) is 7.72. The van der Waals surface area contributed by atoms with Crippen molar-refractivity contribution in [3.05, 3.63) is 36.2 Å². The van der Waals surface area contributed by atoms with Crippen LogP contribution < -0.4 is 14.8 Å². The maximum atomic E-state index is 12.7. The molecule has 9 heteroatoms. The fraction of sp³-hybridized carbons (Fsp3) is 0.389. The molecule has 0 radical (unpaired) electrons. The number of ether oxygens (including phenoxy) is 2. The fourth-order valence-electron chi connectivity index (χ4n) is 2.71. The standard InChI is InChI=1S/C18H25N3O5S/c1-6-21(7-2)27(23,24)14-11-16(20(3)12-14)18(22)19-15-10-13(25-4)8-9-17(15)26-5/h8-12H,6-7H2,1-5H3,(H,19,22). The van der Waals surface area contributed by atoms with Gasteiger partial charge in [-0.15, -0.1) is 0 Å². The van der Waals surface area contributed by atoms with Crippen molar-refractivity contribution < 1.29 is 22.7 Å². The summed E-state index contributed by atoms with van der Waals surface area (Å²) in [6.45, 7) is 4.26. The van der Waals surface area contributed by atoms with Crippen molar-refractivity contribution in [3.8, 4) is 11.5 Å². The van der Waals surface area contributed by atoms with Crippen molar-refractivity contribution in [1.82, 2.24) is 8.87 Å². The molecule has 0 bridgehead atoms. The van der Waals surface area contributed by atoms with Crippen molar-refractivity contribution in [2.24, 2.45) is 7.05 Å². The molecule has 0 saturated carbocycles. The minimum Gasteiger partial charge on any atom is -0.497 e. The van der Waals surface area contributed by atoms with Gasteiger partial charge in [-0.3, -0.25) is 4.79 Å². The summed E-state index contributed by atoms with van der Waals surface area (Å²) < 4.78 is 38.6. The molecule has 1 aromatic heterocycles. The van der Waals surface area contributed by atoms with Crippen molar-refractivity contribution in [2.75, 3.05) is 32.6 Å². The van der Waals surface area contributed by atoms with Crippen LogP contribution in [0.3, 0.4) is 0 Å². The second kappa shape index (κ2) is 8.45. The van der Waals surface area contributed by atoms with Crippen LogP contribution in [0.25, 0.3) is 0 Å². The quantitative estimate of drug-likeness (QED) is 0.741. The summed E-state index contributed by atoms with van der Waals surface area (Å²) in [7, 11) is 0.997. The van der Waals surface area contributed by atoms with Crippen LogP contribution in [0, 0.1) is 0 Å². The third-order valence-electron chi connectivity index (χ3n) is 4.21. The van der Waals surface area contributed by atoms with E-state index in [2.05, 4.69) is 5.32 Å². The molecule has 27 heavy (non-hydrogen) atoms. The molecule has 0 atom stereocenters. The highest BCUT2D eigenvalue weighted by Gasteiger charge is 2.25. The first-order valence-corrected chi connectivity index (χ1v) is 9.92. The molecule has 0 unspecified atom stereocenters. The van der Waals surface area contributed by atoms with E-state index in [9.17, 15) is 13.2 Å². The van der Waals surface area contributed by atoms with Gasteiger partial charge in [0.2, 0.25) is 10.0 Å². The second-order valence-electron chi connectivity index (χ2n) is 5.78. The number of hydrogen-bond donors (Lipinski definition) is 1. The number of hydrogen-bond acceptors (Lipinski definition) is 5. The number of nitrogens with one attached hydrogen (secondary N) is 1. The predicted octanol–water partition coefficient (Wildman–Crippen LogP) is 2.33. The largest absolute Gasteiger partial charge is 0.497 e. The average molecular weight is 395 g/mol. The molecule has 1 N–H and O–H groups in total. The fourth-order valence-corrected chi connectivity index (χ4v) is 4.24. The molecule has 1 aromatic carbocycles. The van der Waals surface area contributed by atoms with Crippen LogP contribution >= 0.6 is 0 Å². The Morgan fingerprint density at radius 2 is 1.81 bits per heavy atom. The average Bonchev–Trinajstić information content (AvgIpc) is 3.05. The predicted molar refractivity (Wildman–Crippen MR) is 103 cm³/mol. The Hall–Kier alpha value is -2.52. The van der Waals surface area contributed by atoms with E-state index in [1.165, 1.54) is 35.4 Å². The Morgan fingerprint density at radius 3 is 2.37 bits per heavy atom. The molecule has 148 valence electrons. The van der Waals surface area contributed by atoms with E-state index in [0.717, 1.165) is 0 Å². The molecular formula is C18H25N3O5S. The lowest BCUT2D eigenvalue weighted by Gasteiger charge is -2.17. The zero-order chi connectivity index (χ0) is 20.2. The minimum absolute atomic E-state index is 0.0801. The zero-order valence-electron chi connectivity index (χ0n) is 16.1. The third kappa shape index (κ3) is 4.25. The third-order valence-corrected chi connectivity index (χ3v) is 6.23.